The number of ether oxygens (including phenoxy) is 1. The lowest BCUT2D eigenvalue weighted by Gasteiger charge is -2.20. The fourth-order valence-corrected chi connectivity index (χ4v) is 2.33. The molecule has 4 nitrogen and oxygen atoms in total. The van der Waals surface area contributed by atoms with Crippen molar-refractivity contribution in [2.45, 2.75) is 18.9 Å². The minimum Gasteiger partial charge on any atom is -0.452 e. The highest BCUT2D eigenvalue weighted by Crippen LogP contribution is 2.26. The van der Waals surface area contributed by atoms with E-state index in [9.17, 15) is 9.59 Å². The average molecular weight is 321 g/mol. The minimum absolute atomic E-state index is 0.0987. The van der Waals surface area contributed by atoms with Crippen LogP contribution in [0.1, 0.15) is 24.0 Å². The molecule has 1 atom stereocenters. The van der Waals surface area contributed by atoms with Gasteiger partial charge in [0.2, 0.25) is 0 Å². The molecule has 0 fully saturated rings. The summed E-state index contributed by atoms with van der Waals surface area (Å²) in [5.41, 5.74) is 1.62. The molecular formula is C20H19NO3. The van der Waals surface area contributed by atoms with Gasteiger partial charge in [0.15, 0.2) is 6.10 Å². The Bertz CT molecular complexity index is 680. The minimum atomic E-state index is -0.916. The van der Waals surface area contributed by atoms with Crippen molar-refractivity contribution in [1.82, 2.24) is 5.32 Å². The van der Waals surface area contributed by atoms with E-state index in [1.54, 1.807) is 0 Å². The van der Waals surface area contributed by atoms with Crippen LogP contribution in [0.5, 0.6) is 0 Å². The van der Waals surface area contributed by atoms with Crippen LogP contribution in [0.25, 0.3) is 0 Å². The number of hydrogen-bond donors (Lipinski definition) is 1. The van der Waals surface area contributed by atoms with Crippen LogP contribution in [0.4, 0.5) is 0 Å². The van der Waals surface area contributed by atoms with Gasteiger partial charge in [-0.05, 0) is 18.1 Å². The summed E-state index contributed by atoms with van der Waals surface area (Å²) in [7, 11) is 0. The van der Waals surface area contributed by atoms with E-state index in [1.165, 1.54) is 6.92 Å². The molecular weight excluding hydrogens is 302 g/mol. The highest BCUT2D eigenvalue weighted by atomic mass is 16.5. The Morgan fingerprint density at radius 1 is 1.04 bits per heavy atom. The molecule has 0 radical (unpaired) electrons. The van der Waals surface area contributed by atoms with Gasteiger partial charge in [0.25, 0.3) is 5.91 Å². The Morgan fingerprint density at radius 2 is 1.54 bits per heavy atom. The van der Waals surface area contributed by atoms with Crippen molar-refractivity contribution in [2.24, 2.45) is 0 Å². The molecule has 2 aromatic rings. The van der Waals surface area contributed by atoms with Crippen LogP contribution >= 0.6 is 0 Å². The summed E-state index contributed by atoms with van der Waals surface area (Å²) in [6, 6.07) is 18.7. The summed E-state index contributed by atoms with van der Waals surface area (Å²) in [5.74, 6) is 0.829. The third-order valence-corrected chi connectivity index (χ3v) is 3.53. The zero-order valence-corrected chi connectivity index (χ0v) is 13.4. The summed E-state index contributed by atoms with van der Waals surface area (Å²) >= 11 is 0. The Labute approximate surface area is 141 Å². The van der Waals surface area contributed by atoms with Crippen molar-refractivity contribution in [3.63, 3.8) is 0 Å². The van der Waals surface area contributed by atoms with Gasteiger partial charge in [0, 0.05) is 0 Å². The van der Waals surface area contributed by atoms with Gasteiger partial charge >= 0.3 is 5.97 Å². The van der Waals surface area contributed by atoms with Gasteiger partial charge in [-0.2, -0.15) is 0 Å². The van der Waals surface area contributed by atoms with E-state index in [2.05, 4.69) is 11.2 Å². The van der Waals surface area contributed by atoms with Crippen LogP contribution in [0.15, 0.2) is 60.7 Å². The van der Waals surface area contributed by atoms with Crippen molar-refractivity contribution in [2.75, 3.05) is 6.54 Å². The first-order chi connectivity index (χ1) is 11.6. The van der Waals surface area contributed by atoms with Gasteiger partial charge in [-0.15, -0.1) is 6.42 Å². The molecule has 0 bridgehead atoms. The molecule has 0 unspecified atom stereocenters. The van der Waals surface area contributed by atoms with E-state index < -0.39 is 23.9 Å². The number of hydrogen-bond acceptors (Lipinski definition) is 3. The fourth-order valence-electron chi connectivity index (χ4n) is 2.33. The molecule has 24 heavy (non-hydrogen) atoms. The third kappa shape index (κ3) is 4.47. The van der Waals surface area contributed by atoms with E-state index in [-0.39, 0.29) is 6.54 Å². The number of amides is 1. The molecule has 0 heterocycles. The second-order valence-corrected chi connectivity index (χ2v) is 5.26. The van der Waals surface area contributed by atoms with E-state index in [0.717, 1.165) is 11.1 Å². The van der Waals surface area contributed by atoms with Gasteiger partial charge in [0.1, 0.15) is 5.92 Å². The SMILES string of the molecule is C#CCNC(=O)[C@H](C)OC(=O)C(c1ccccc1)c1ccccc1. The molecule has 0 saturated carbocycles. The lowest BCUT2D eigenvalue weighted by Crippen LogP contribution is -2.37. The monoisotopic (exact) mass is 321 g/mol. The fraction of sp³-hybridized carbons (Fsp3) is 0.200. The van der Waals surface area contributed by atoms with Crippen molar-refractivity contribution in [1.29, 1.82) is 0 Å². The molecule has 2 aromatic carbocycles. The second-order valence-electron chi connectivity index (χ2n) is 5.26. The molecule has 1 N–H and O–H groups in total. The number of terminal acetylenes is 1. The quantitative estimate of drug-likeness (QED) is 0.657. The van der Waals surface area contributed by atoms with Crippen molar-refractivity contribution >= 4 is 11.9 Å². The molecule has 0 aliphatic rings. The van der Waals surface area contributed by atoms with Crippen molar-refractivity contribution in [3.8, 4) is 12.3 Å². The maximum absolute atomic E-state index is 12.7. The zero-order valence-electron chi connectivity index (χ0n) is 13.4. The number of esters is 1. The van der Waals surface area contributed by atoms with Gasteiger partial charge in [-0.25, -0.2) is 0 Å². The number of carbonyl (C=O) groups excluding carboxylic acids is 2. The normalized spacial score (nSPS) is 11.4. The van der Waals surface area contributed by atoms with Crippen LogP contribution in [0.2, 0.25) is 0 Å². The summed E-state index contributed by atoms with van der Waals surface area (Å²) in [5, 5.41) is 2.50. The van der Waals surface area contributed by atoms with Crippen LogP contribution in [0, 0.1) is 12.3 Å². The molecule has 2 rings (SSSR count). The highest BCUT2D eigenvalue weighted by Gasteiger charge is 2.27. The third-order valence-electron chi connectivity index (χ3n) is 3.53. The van der Waals surface area contributed by atoms with Crippen LogP contribution in [-0.4, -0.2) is 24.5 Å². The Kier molecular flexibility index (Phi) is 6.16. The van der Waals surface area contributed by atoms with Gasteiger partial charge in [-0.3, -0.25) is 9.59 Å². The lowest BCUT2D eigenvalue weighted by molar-refractivity contribution is -0.155. The summed E-state index contributed by atoms with van der Waals surface area (Å²) in [6.45, 7) is 1.62. The first kappa shape index (κ1) is 17.3. The first-order valence-corrected chi connectivity index (χ1v) is 7.65. The Balaban J connectivity index is 2.20. The van der Waals surface area contributed by atoms with Gasteiger partial charge < -0.3 is 10.1 Å². The van der Waals surface area contributed by atoms with Crippen LogP contribution < -0.4 is 5.32 Å². The first-order valence-electron chi connectivity index (χ1n) is 7.65. The molecule has 0 aliphatic carbocycles. The summed E-state index contributed by atoms with van der Waals surface area (Å²) < 4.78 is 5.36. The Hall–Kier alpha value is -3.06. The van der Waals surface area contributed by atoms with Crippen LogP contribution in [-0.2, 0) is 14.3 Å². The highest BCUT2D eigenvalue weighted by molar-refractivity contribution is 5.87. The summed E-state index contributed by atoms with van der Waals surface area (Å²) in [4.78, 5) is 24.5. The largest absolute Gasteiger partial charge is 0.452 e. The topological polar surface area (TPSA) is 55.4 Å². The van der Waals surface area contributed by atoms with E-state index >= 15 is 0 Å². The molecule has 0 saturated heterocycles. The molecule has 1 amide bonds. The average Bonchev–Trinajstić information content (AvgIpc) is 2.61. The number of benzene rings is 2. The predicted molar refractivity (Wildman–Crippen MR) is 92.1 cm³/mol. The molecule has 0 aliphatic heterocycles. The lowest BCUT2D eigenvalue weighted by atomic mass is 9.91. The Morgan fingerprint density at radius 3 is 2.00 bits per heavy atom. The van der Waals surface area contributed by atoms with Gasteiger partial charge in [0.05, 0.1) is 6.54 Å². The molecule has 4 heteroatoms. The maximum Gasteiger partial charge on any atom is 0.318 e. The van der Waals surface area contributed by atoms with Gasteiger partial charge in [-0.1, -0.05) is 66.6 Å². The number of rotatable bonds is 6. The zero-order chi connectivity index (χ0) is 17.4. The molecule has 0 aromatic heterocycles. The predicted octanol–water partition coefficient (Wildman–Crippen LogP) is 2.50. The molecule has 0 spiro atoms. The summed E-state index contributed by atoms with van der Waals surface area (Å²) in [6.07, 6.45) is 4.19. The number of carbonyl (C=O) groups is 2. The number of nitrogens with one attached hydrogen (secondary N) is 1. The van der Waals surface area contributed by atoms with E-state index in [0.29, 0.717) is 0 Å². The smallest absolute Gasteiger partial charge is 0.318 e. The molecule has 122 valence electrons. The van der Waals surface area contributed by atoms with Crippen molar-refractivity contribution < 1.29 is 14.3 Å². The van der Waals surface area contributed by atoms with Crippen molar-refractivity contribution in [3.05, 3.63) is 71.8 Å². The second kappa shape index (κ2) is 8.54. The van der Waals surface area contributed by atoms with Crippen LogP contribution in [0.3, 0.4) is 0 Å². The van der Waals surface area contributed by atoms with E-state index in [4.69, 9.17) is 11.2 Å². The van der Waals surface area contributed by atoms with E-state index in [1.807, 2.05) is 60.7 Å². The standard InChI is InChI=1S/C20H19NO3/c1-3-14-21-19(22)15(2)24-20(23)18(16-10-6-4-7-11-16)17-12-8-5-9-13-17/h1,4-13,15,18H,14H2,2H3,(H,21,22)/t15-/m0/s1. The maximum atomic E-state index is 12.7.